The zero-order chi connectivity index (χ0) is 17.6. The predicted octanol–water partition coefficient (Wildman–Crippen LogP) is 5.27. The topological polar surface area (TPSA) is 38.3 Å². The van der Waals surface area contributed by atoms with Crippen LogP contribution in [0.4, 0.5) is 10.1 Å². The Morgan fingerprint density at radius 3 is 2.48 bits per heavy atom. The van der Waals surface area contributed by atoms with Gasteiger partial charge in [0.05, 0.1) is 5.69 Å². The van der Waals surface area contributed by atoms with Crippen molar-refractivity contribution in [1.29, 1.82) is 0 Å². The van der Waals surface area contributed by atoms with Crippen molar-refractivity contribution in [2.75, 3.05) is 11.9 Å². The molecule has 0 unspecified atom stereocenters. The third-order valence-electron chi connectivity index (χ3n) is 3.54. The van der Waals surface area contributed by atoms with E-state index in [-0.39, 0.29) is 12.3 Å². The van der Waals surface area contributed by atoms with Crippen LogP contribution in [0.2, 0.25) is 0 Å². The summed E-state index contributed by atoms with van der Waals surface area (Å²) in [5.41, 5.74) is 2.01. The molecule has 0 radical (unpaired) electrons. The minimum Gasteiger partial charge on any atom is -0.483 e. The lowest BCUT2D eigenvalue weighted by Crippen LogP contribution is -2.21. The van der Waals surface area contributed by atoms with Gasteiger partial charge in [0.25, 0.3) is 5.91 Å². The number of carbonyl (C=O) groups is 1. The lowest BCUT2D eigenvalue weighted by atomic mass is 10.1. The molecule has 0 aliphatic rings. The molecule has 0 aromatic heterocycles. The molecule has 0 fully saturated rings. The molecule has 1 amide bonds. The molecular weight excluding hydrogens is 385 g/mol. The van der Waals surface area contributed by atoms with Crippen LogP contribution in [-0.2, 0) is 4.79 Å². The molecule has 0 heterocycles. The molecule has 25 heavy (non-hydrogen) atoms. The highest BCUT2D eigenvalue weighted by atomic mass is 79.9. The fraction of sp³-hybridized carbons (Fsp3) is 0.0500. The van der Waals surface area contributed by atoms with E-state index in [9.17, 15) is 9.18 Å². The summed E-state index contributed by atoms with van der Waals surface area (Å²) in [5.74, 6) is -0.336. The maximum atomic E-state index is 13.8. The first-order valence-corrected chi connectivity index (χ1v) is 8.45. The lowest BCUT2D eigenvalue weighted by Gasteiger charge is -2.12. The Balaban J connectivity index is 1.69. The normalized spacial score (nSPS) is 10.3. The summed E-state index contributed by atoms with van der Waals surface area (Å²) in [4.78, 5) is 12.1. The zero-order valence-electron chi connectivity index (χ0n) is 13.2. The van der Waals surface area contributed by atoms with Gasteiger partial charge in [0.15, 0.2) is 6.61 Å². The van der Waals surface area contributed by atoms with E-state index >= 15 is 0 Å². The third kappa shape index (κ3) is 4.45. The van der Waals surface area contributed by atoms with Crippen molar-refractivity contribution in [2.24, 2.45) is 0 Å². The number of ether oxygens (including phenoxy) is 1. The van der Waals surface area contributed by atoms with Gasteiger partial charge in [-0.25, -0.2) is 4.39 Å². The van der Waals surface area contributed by atoms with Gasteiger partial charge in [0, 0.05) is 10.0 Å². The maximum Gasteiger partial charge on any atom is 0.262 e. The number of hydrogen-bond acceptors (Lipinski definition) is 2. The van der Waals surface area contributed by atoms with Crippen LogP contribution in [0.1, 0.15) is 0 Å². The number of halogens is 2. The average molecular weight is 400 g/mol. The number of anilines is 1. The second-order valence-electron chi connectivity index (χ2n) is 5.32. The Kier molecular flexibility index (Phi) is 5.46. The summed E-state index contributed by atoms with van der Waals surface area (Å²) in [5, 5.41) is 2.51. The lowest BCUT2D eigenvalue weighted by molar-refractivity contribution is -0.118. The number of amides is 1. The van der Waals surface area contributed by atoms with E-state index in [2.05, 4.69) is 21.2 Å². The fourth-order valence-corrected chi connectivity index (χ4v) is 2.70. The van der Waals surface area contributed by atoms with Crippen LogP contribution < -0.4 is 10.1 Å². The number of carbonyl (C=O) groups excluding carboxylic acids is 1. The minimum absolute atomic E-state index is 0.119. The molecule has 126 valence electrons. The van der Waals surface area contributed by atoms with Crippen LogP contribution >= 0.6 is 15.9 Å². The van der Waals surface area contributed by atoms with E-state index < -0.39 is 11.7 Å². The van der Waals surface area contributed by atoms with Crippen molar-refractivity contribution in [3.05, 3.63) is 83.1 Å². The molecule has 3 aromatic rings. The van der Waals surface area contributed by atoms with Gasteiger partial charge in [-0.15, -0.1) is 0 Å². The molecule has 3 rings (SSSR count). The quantitative estimate of drug-likeness (QED) is 0.634. The minimum atomic E-state index is -0.507. The van der Waals surface area contributed by atoms with Crippen molar-refractivity contribution in [1.82, 2.24) is 0 Å². The number of hydrogen-bond donors (Lipinski definition) is 1. The van der Waals surface area contributed by atoms with Gasteiger partial charge in [-0.05, 0) is 29.8 Å². The van der Waals surface area contributed by atoms with Gasteiger partial charge < -0.3 is 10.1 Å². The first-order valence-electron chi connectivity index (χ1n) is 7.65. The van der Waals surface area contributed by atoms with Gasteiger partial charge in [-0.3, -0.25) is 4.79 Å². The predicted molar refractivity (Wildman–Crippen MR) is 100 cm³/mol. The molecule has 1 N–H and O–H groups in total. The molecule has 0 bridgehead atoms. The number of nitrogens with one attached hydrogen (secondary N) is 1. The van der Waals surface area contributed by atoms with Crippen molar-refractivity contribution in [3.8, 4) is 16.9 Å². The van der Waals surface area contributed by atoms with Crippen molar-refractivity contribution >= 4 is 27.5 Å². The highest BCUT2D eigenvalue weighted by molar-refractivity contribution is 9.10. The third-order valence-corrected chi connectivity index (χ3v) is 4.03. The van der Waals surface area contributed by atoms with E-state index in [0.717, 1.165) is 11.1 Å². The number of benzene rings is 3. The van der Waals surface area contributed by atoms with Crippen molar-refractivity contribution < 1.29 is 13.9 Å². The number of para-hydroxylation sites is 1. The molecule has 3 nitrogen and oxygen atoms in total. The van der Waals surface area contributed by atoms with Gasteiger partial charge >= 0.3 is 0 Å². The van der Waals surface area contributed by atoms with Crippen LogP contribution in [0, 0.1) is 5.82 Å². The second-order valence-corrected chi connectivity index (χ2v) is 6.24. The monoisotopic (exact) mass is 399 g/mol. The summed E-state index contributed by atoms with van der Waals surface area (Å²) in [6.45, 7) is -0.209. The van der Waals surface area contributed by atoms with Crippen molar-refractivity contribution in [3.63, 3.8) is 0 Å². The maximum absolute atomic E-state index is 13.8. The number of rotatable bonds is 5. The SMILES string of the molecule is O=C(COc1ccccc1-c1ccccc1)Nc1ccc(Br)cc1F. The van der Waals surface area contributed by atoms with Crippen LogP contribution in [0.5, 0.6) is 5.75 Å². The zero-order valence-corrected chi connectivity index (χ0v) is 14.8. The van der Waals surface area contributed by atoms with Gasteiger partial charge in [0.1, 0.15) is 11.6 Å². The summed E-state index contributed by atoms with van der Waals surface area (Å²) in [6.07, 6.45) is 0. The van der Waals surface area contributed by atoms with Gasteiger partial charge in [-0.1, -0.05) is 64.5 Å². The molecule has 0 aliphatic carbocycles. The smallest absolute Gasteiger partial charge is 0.262 e. The molecule has 5 heteroatoms. The molecule has 0 saturated heterocycles. The molecule has 0 aliphatic heterocycles. The standard InChI is InChI=1S/C20H15BrFNO2/c21-15-10-11-18(17(22)12-15)23-20(24)13-25-19-9-5-4-8-16(19)14-6-2-1-3-7-14/h1-12H,13H2,(H,23,24). The molecule has 3 aromatic carbocycles. The molecular formula is C20H15BrFNO2. The summed E-state index contributed by atoms with van der Waals surface area (Å²) >= 11 is 3.18. The van der Waals surface area contributed by atoms with Crippen LogP contribution in [-0.4, -0.2) is 12.5 Å². The van der Waals surface area contributed by atoms with E-state index in [4.69, 9.17) is 4.74 Å². The Bertz CT molecular complexity index is 884. The highest BCUT2D eigenvalue weighted by Gasteiger charge is 2.10. The van der Waals surface area contributed by atoms with Crippen LogP contribution in [0.3, 0.4) is 0 Å². The summed E-state index contributed by atoms with van der Waals surface area (Å²) < 4.78 is 20.0. The van der Waals surface area contributed by atoms with Crippen LogP contribution in [0.25, 0.3) is 11.1 Å². The Hall–Kier alpha value is -2.66. The molecule has 0 spiro atoms. The molecule has 0 saturated carbocycles. The molecule has 0 atom stereocenters. The van der Waals surface area contributed by atoms with E-state index in [1.807, 2.05) is 48.5 Å². The fourth-order valence-electron chi connectivity index (χ4n) is 2.37. The van der Waals surface area contributed by atoms with Crippen LogP contribution in [0.15, 0.2) is 77.3 Å². The Morgan fingerprint density at radius 2 is 1.72 bits per heavy atom. The summed E-state index contributed by atoms with van der Waals surface area (Å²) in [7, 11) is 0. The first kappa shape index (κ1) is 17.2. The Morgan fingerprint density at radius 1 is 1.00 bits per heavy atom. The second kappa shape index (κ2) is 7.94. The van der Waals surface area contributed by atoms with E-state index in [1.54, 1.807) is 12.1 Å². The van der Waals surface area contributed by atoms with Gasteiger partial charge in [0.2, 0.25) is 0 Å². The van der Waals surface area contributed by atoms with Crippen molar-refractivity contribution in [2.45, 2.75) is 0 Å². The van der Waals surface area contributed by atoms with E-state index in [0.29, 0.717) is 10.2 Å². The van der Waals surface area contributed by atoms with E-state index in [1.165, 1.54) is 12.1 Å². The largest absolute Gasteiger partial charge is 0.483 e. The van der Waals surface area contributed by atoms with Gasteiger partial charge in [-0.2, -0.15) is 0 Å². The highest BCUT2D eigenvalue weighted by Crippen LogP contribution is 2.29. The summed E-state index contributed by atoms with van der Waals surface area (Å²) in [6, 6.07) is 21.7. The Labute approximate surface area is 153 Å². The average Bonchev–Trinajstić information content (AvgIpc) is 2.63. The first-order chi connectivity index (χ1) is 12.1.